The van der Waals surface area contributed by atoms with Crippen LogP contribution in [-0.4, -0.2) is 45.4 Å². The van der Waals surface area contributed by atoms with Crippen LogP contribution >= 0.6 is 0 Å². The van der Waals surface area contributed by atoms with E-state index in [-0.39, 0.29) is 6.15 Å². The van der Waals surface area contributed by atoms with E-state index in [0.717, 1.165) is 0 Å². The monoisotopic (exact) mass is 179 g/mol. The van der Waals surface area contributed by atoms with Gasteiger partial charge in [0.05, 0.1) is 0 Å². The summed E-state index contributed by atoms with van der Waals surface area (Å²) in [6.45, 7) is 0. The van der Waals surface area contributed by atoms with Gasteiger partial charge in [0.15, 0.2) is 12.1 Å². The minimum absolute atomic E-state index is 0. The summed E-state index contributed by atoms with van der Waals surface area (Å²) in [5, 5.41) is 27.9. The number of amides is 1. The van der Waals surface area contributed by atoms with Crippen LogP contribution in [0, 0.1) is 0 Å². The molecule has 8 N–H and O–H groups in total. The molecule has 3 atom stereocenters. The van der Waals surface area contributed by atoms with Crippen LogP contribution in [-0.2, 0) is 9.59 Å². The molecule has 1 saturated heterocycles. The summed E-state index contributed by atoms with van der Waals surface area (Å²) < 4.78 is 0. The van der Waals surface area contributed by atoms with Gasteiger partial charge in [-0.05, 0) is 0 Å². The maximum Gasteiger partial charge on any atom is 0.329 e. The normalized spacial score (nSPS) is 33.8. The second-order valence-electron chi connectivity index (χ2n) is 2.26. The van der Waals surface area contributed by atoms with Gasteiger partial charge in [0, 0.05) is 0 Å². The van der Waals surface area contributed by atoms with Crippen LogP contribution in [0.25, 0.3) is 0 Å². The minimum Gasteiger partial charge on any atom is -0.480 e. The van der Waals surface area contributed by atoms with Crippen molar-refractivity contribution in [3.05, 3.63) is 0 Å². The molecule has 12 heavy (non-hydrogen) atoms. The van der Waals surface area contributed by atoms with E-state index in [1.807, 2.05) is 5.32 Å². The lowest BCUT2D eigenvalue weighted by Crippen LogP contribution is -2.40. The van der Waals surface area contributed by atoms with E-state index in [9.17, 15) is 9.59 Å². The molecule has 0 bridgehead atoms. The molecule has 0 aromatic carbocycles. The second-order valence-corrected chi connectivity index (χ2v) is 2.26. The highest BCUT2D eigenvalue weighted by atomic mass is 16.4. The molecule has 0 saturated carbocycles. The molecule has 0 unspecified atom stereocenters. The number of carbonyl (C=O) groups is 2. The van der Waals surface area contributed by atoms with Crippen LogP contribution in [0.2, 0.25) is 0 Å². The van der Waals surface area contributed by atoms with Gasteiger partial charge in [-0.25, -0.2) is 4.79 Å². The van der Waals surface area contributed by atoms with E-state index < -0.39 is 30.1 Å². The van der Waals surface area contributed by atoms with E-state index in [2.05, 4.69) is 0 Å². The zero-order chi connectivity index (χ0) is 8.59. The van der Waals surface area contributed by atoms with Gasteiger partial charge in [-0.15, -0.1) is 0 Å². The van der Waals surface area contributed by atoms with Gasteiger partial charge in [0.25, 0.3) is 5.91 Å². The van der Waals surface area contributed by atoms with Crippen LogP contribution in [0.5, 0.6) is 0 Å². The van der Waals surface area contributed by atoms with E-state index in [4.69, 9.17) is 15.3 Å². The van der Waals surface area contributed by atoms with Crippen molar-refractivity contribution in [1.29, 1.82) is 0 Å². The van der Waals surface area contributed by atoms with Crippen molar-refractivity contribution in [2.45, 2.75) is 18.2 Å². The highest BCUT2D eigenvalue weighted by Crippen LogP contribution is 2.08. The average molecular weight is 179 g/mol. The van der Waals surface area contributed by atoms with Crippen molar-refractivity contribution in [1.82, 2.24) is 11.5 Å². The molecule has 0 spiro atoms. The maximum absolute atomic E-state index is 10.5. The van der Waals surface area contributed by atoms with Gasteiger partial charge in [-0.3, -0.25) is 4.79 Å². The first kappa shape index (κ1) is 10.8. The predicted molar refractivity (Wildman–Crippen MR) is 37.6 cm³/mol. The van der Waals surface area contributed by atoms with E-state index in [0.29, 0.717) is 0 Å². The summed E-state index contributed by atoms with van der Waals surface area (Å²) in [7, 11) is 0. The number of nitrogens with one attached hydrogen (secondary N) is 1. The molecule has 1 aliphatic heterocycles. The molecule has 1 heterocycles. The highest BCUT2D eigenvalue weighted by Gasteiger charge is 2.43. The molecule has 1 aliphatic rings. The van der Waals surface area contributed by atoms with Gasteiger partial charge in [0.1, 0.15) is 6.10 Å². The first-order valence-corrected chi connectivity index (χ1v) is 2.93. The van der Waals surface area contributed by atoms with E-state index in [1.54, 1.807) is 0 Å². The third-order valence-corrected chi connectivity index (χ3v) is 1.50. The predicted octanol–water partition coefficient (Wildman–Crippen LogP) is -2.33. The molecular weight excluding hydrogens is 168 g/mol. The van der Waals surface area contributed by atoms with Crippen LogP contribution < -0.4 is 11.5 Å². The highest BCUT2D eigenvalue weighted by molar-refractivity contribution is 5.91. The number of aliphatic hydroxyl groups is 2. The Kier molecular flexibility index (Phi) is 3.14. The number of aliphatic carboxylic acids is 1. The standard InChI is InChI=1S/C5H7NO5.H3N/c7-2-1(5(10)11)6-4(9)3(2)8;/h1-3,7-8H,(H,6,9)(H,10,11);1H3/p+1/t1-,2-,3-;/m0./s1. The fraction of sp³-hybridized carbons (Fsp3) is 0.600. The van der Waals surface area contributed by atoms with Crippen LogP contribution in [0.1, 0.15) is 0 Å². The molecule has 7 nitrogen and oxygen atoms in total. The van der Waals surface area contributed by atoms with Crippen molar-refractivity contribution in [3.8, 4) is 0 Å². The lowest BCUT2D eigenvalue weighted by molar-refractivity contribution is -0.142. The number of quaternary nitrogens is 1. The Morgan fingerprint density at radius 2 is 1.92 bits per heavy atom. The Balaban J connectivity index is 0.00000121. The molecule has 7 heteroatoms. The van der Waals surface area contributed by atoms with Gasteiger partial charge < -0.3 is 26.8 Å². The van der Waals surface area contributed by atoms with Crippen molar-refractivity contribution < 1.29 is 24.9 Å². The summed E-state index contributed by atoms with van der Waals surface area (Å²) in [6.07, 6.45) is -3.18. The molecule has 0 aliphatic carbocycles. The summed E-state index contributed by atoms with van der Waals surface area (Å²) in [5.41, 5.74) is 0. The fourth-order valence-electron chi connectivity index (χ4n) is 0.869. The fourth-order valence-corrected chi connectivity index (χ4v) is 0.869. The third-order valence-electron chi connectivity index (χ3n) is 1.50. The summed E-state index contributed by atoms with van der Waals surface area (Å²) in [6, 6.07) is -1.39. The Morgan fingerprint density at radius 3 is 2.08 bits per heavy atom. The lowest BCUT2D eigenvalue weighted by atomic mass is 10.1. The van der Waals surface area contributed by atoms with Gasteiger partial charge in [0.2, 0.25) is 0 Å². The quantitative estimate of drug-likeness (QED) is 0.306. The number of carbonyl (C=O) groups excluding carboxylic acids is 1. The second kappa shape index (κ2) is 3.48. The number of hydrogen-bond donors (Lipinski definition) is 5. The van der Waals surface area contributed by atoms with Crippen molar-refractivity contribution in [3.63, 3.8) is 0 Å². The Labute approximate surface area is 67.6 Å². The first-order valence-electron chi connectivity index (χ1n) is 2.93. The number of aliphatic hydroxyl groups excluding tert-OH is 2. The van der Waals surface area contributed by atoms with Crippen molar-refractivity contribution >= 4 is 11.9 Å². The molecule has 1 amide bonds. The molecule has 1 fully saturated rings. The summed E-state index contributed by atoms with van der Waals surface area (Å²) in [5.74, 6) is -2.22. The summed E-state index contributed by atoms with van der Waals surface area (Å²) >= 11 is 0. The molecule has 0 aromatic rings. The number of carboxylic acid groups (broad SMARTS) is 1. The van der Waals surface area contributed by atoms with Crippen LogP contribution in [0.15, 0.2) is 0 Å². The Bertz CT molecular complexity index is 206. The number of hydrogen-bond acceptors (Lipinski definition) is 4. The third kappa shape index (κ3) is 1.52. The van der Waals surface area contributed by atoms with Gasteiger partial charge >= 0.3 is 5.97 Å². The number of rotatable bonds is 1. The van der Waals surface area contributed by atoms with Crippen molar-refractivity contribution in [2.75, 3.05) is 0 Å². The zero-order valence-electron chi connectivity index (χ0n) is 6.39. The maximum atomic E-state index is 10.5. The van der Waals surface area contributed by atoms with Gasteiger partial charge in [-0.2, -0.15) is 0 Å². The van der Waals surface area contributed by atoms with Crippen molar-refractivity contribution in [2.24, 2.45) is 0 Å². The largest absolute Gasteiger partial charge is 0.480 e. The van der Waals surface area contributed by atoms with Crippen LogP contribution in [0.4, 0.5) is 0 Å². The minimum atomic E-state index is -1.63. The average Bonchev–Trinajstić information content (AvgIpc) is 2.17. The topological polar surface area (TPSA) is 143 Å². The molecule has 70 valence electrons. The van der Waals surface area contributed by atoms with E-state index >= 15 is 0 Å². The zero-order valence-corrected chi connectivity index (χ0v) is 6.39. The molecule has 0 aromatic heterocycles. The van der Waals surface area contributed by atoms with Gasteiger partial charge in [-0.1, -0.05) is 0 Å². The Hall–Kier alpha value is -1.18. The molecule has 0 radical (unpaired) electrons. The summed E-state index contributed by atoms with van der Waals surface area (Å²) in [4.78, 5) is 20.7. The number of carboxylic acids is 1. The Morgan fingerprint density at radius 1 is 1.42 bits per heavy atom. The van der Waals surface area contributed by atoms with E-state index in [1.165, 1.54) is 0 Å². The lowest BCUT2D eigenvalue weighted by Gasteiger charge is -2.08. The first-order chi connectivity index (χ1) is 5.04. The van der Waals surface area contributed by atoms with Crippen LogP contribution in [0.3, 0.4) is 0 Å². The smallest absolute Gasteiger partial charge is 0.329 e. The molecule has 1 rings (SSSR count). The SMILES string of the molecule is O=C1N[C@H](C(=O)O)[C@H](O)[C@@H]1O.[NH4+]. The molecular formula is C5H11N2O5+.